The molecule has 1 amide bonds. The zero-order valence-corrected chi connectivity index (χ0v) is 15.9. The molecule has 3 aromatic rings. The van der Waals surface area contributed by atoms with Gasteiger partial charge in [-0.25, -0.2) is 0 Å². The Morgan fingerprint density at radius 2 is 1.96 bits per heavy atom. The maximum absolute atomic E-state index is 13.0. The summed E-state index contributed by atoms with van der Waals surface area (Å²) in [5, 5.41) is 8.71. The van der Waals surface area contributed by atoms with E-state index in [0.29, 0.717) is 14.5 Å². The molecule has 25 heavy (non-hydrogen) atoms. The third-order valence-corrected chi connectivity index (χ3v) is 6.71. The quantitative estimate of drug-likeness (QED) is 0.636. The number of aromatic nitrogens is 2. The fourth-order valence-corrected chi connectivity index (χ4v) is 5.15. The molecule has 0 fully saturated rings. The van der Waals surface area contributed by atoms with Gasteiger partial charge in [0.25, 0.3) is 0 Å². The number of carbonyl (C=O) groups excluding carboxylic acids is 1. The number of halogens is 1. The van der Waals surface area contributed by atoms with Crippen LogP contribution in [-0.4, -0.2) is 21.9 Å². The fourth-order valence-electron chi connectivity index (χ4n) is 2.46. The van der Waals surface area contributed by atoms with Gasteiger partial charge in [-0.05, 0) is 30.3 Å². The van der Waals surface area contributed by atoms with Gasteiger partial charge in [0.2, 0.25) is 11.0 Å². The SMILES string of the molecule is Nc1nnc(SCC(=O)N2c3ccccc3Sc3ccc(Cl)cc32)s1. The molecule has 0 aliphatic carbocycles. The van der Waals surface area contributed by atoms with Crippen LogP contribution < -0.4 is 10.6 Å². The molecule has 9 heteroatoms. The fraction of sp³-hybridized carbons (Fsp3) is 0.0625. The van der Waals surface area contributed by atoms with Crippen molar-refractivity contribution >= 4 is 68.9 Å². The molecule has 2 heterocycles. The van der Waals surface area contributed by atoms with Crippen LogP contribution in [0.4, 0.5) is 16.5 Å². The summed E-state index contributed by atoms with van der Waals surface area (Å²) in [6.45, 7) is 0. The van der Waals surface area contributed by atoms with E-state index >= 15 is 0 Å². The van der Waals surface area contributed by atoms with E-state index in [-0.39, 0.29) is 11.7 Å². The summed E-state index contributed by atoms with van der Waals surface area (Å²) < 4.78 is 0.678. The second kappa shape index (κ2) is 6.87. The van der Waals surface area contributed by atoms with Crippen LogP contribution in [0.15, 0.2) is 56.6 Å². The van der Waals surface area contributed by atoms with Gasteiger partial charge < -0.3 is 5.73 Å². The molecule has 5 nitrogen and oxygen atoms in total. The third kappa shape index (κ3) is 3.35. The van der Waals surface area contributed by atoms with Gasteiger partial charge in [0, 0.05) is 14.8 Å². The Labute approximate surface area is 161 Å². The van der Waals surface area contributed by atoms with E-state index in [9.17, 15) is 4.79 Å². The maximum atomic E-state index is 13.0. The van der Waals surface area contributed by atoms with Gasteiger partial charge in [0.05, 0.1) is 17.1 Å². The Bertz CT molecular complexity index is 962. The van der Waals surface area contributed by atoms with Crippen molar-refractivity contribution in [2.45, 2.75) is 14.1 Å². The molecule has 2 aromatic carbocycles. The average Bonchev–Trinajstić information content (AvgIpc) is 3.03. The first-order chi connectivity index (χ1) is 12.1. The van der Waals surface area contributed by atoms with Gasteiger partial charge in [0.15, 0.2) is 4.34 Å². The number of benzene rings is 2. The topological polar surface area (TPSA) is 72.1 Å². The number of rotatable bonds is 3. The second-order valence-corrected chi connectivity index (χ2v) is 8.86. The van der Waals surface area contributed by atoms with E-state index < -0.39 is 0 Å². The minimum Gasteiger partial charge on any atom is -0.374 e. The Kier molecular flexibility index (Phi) is 4.60. The highest BCUT2D eigenvalue weighted by molar-refractivity contribution is 8.01. The molecule has 1 aliphatic rings. The van der Waals surface area contributed by atoms with E-state index in [0.717, 1.165) is 21.2 Å². The van der Waals surface area contributed by atoms with Crippen LogP contribution in [0.25, 0.3) is 0 Å². The van der Waals surface area contributed by atoms with Crippen molar-refractivity contribution in [3.8, 4) is 0 Å². The lowest BCUT2D eigenvalue weighted by atomic mass is 10.2. The lowest BCUT2D eigenvalue weighted by molar-refractivity contribution is -0.115. The highest BCUT2D eigenvalue weighted by Gasteiger charge is 2.28. The van der Waals surface area contributed by atoms with Gasteiger partial charge in [-0.1, -0.05) is 58.6 Å². The lowest BCUT2D eigenvalue weighted by Crippen LogP contribution is -2.30. The molecule has 0 unspecified atom stereocenters. The van der Waals surface area contributed by atoms with E-state index in [4.69, 9.17) is 17.3 Å². The zero-order valence-electron chi connectivity index (χ0n) is 12.7. The Morgan fingerprint density at radius 1 is 1.16 bits per heavy atom. The van der Waals surface area contributed by atoms with E-state index in [1.807, 2.05) is 42.5 Å². The minimum absolute atomic E-state index is 0.0463. The molecule has 126 valence electrons. The highest BCUT2D eigenvalue weighted by atomic mass is 35.5. The van der Waals surface area contributed by atoms with Crippen LogP contribution in [-0.2, 0) is 4.79 Å². The molecule has 0 spiro atoms. The largest absolute Gasteiger partial charge is 0.374 e. The molecular weight excluding hydrogens is 396 g/mol. The number of hydrogen-bond donors (Lipinski definition) is 1. The van der Waals surface area contributed by atoms with Crippen LogP contribution in [0.5, 0.6) is 0 Å². The standard InChI is InChI=1S/C16H11ClN4OS3/c17-9-5-6-13-11(7-9)21(10-3-1-2-4-12(10)24-13)14(22)8-23-16-20-19-15(18)25-16/h1-7H,8H2,(H2,18,19). The molecule has 4 rings (SSSR count). The minimum atomic E-state index is -0.0463. The van der Waals surface area contributed by atoms with Gasteiger partial charge >= 0.3 is 0 Å². The smallest absolute Gasteiger partial charge is 0.242 e. The number of anilines is 3. The molecule has 1 aromatic heterocycles. The van der Waals surface area contributed by atoms with Gasteiger partial charge in [0.1, 0.15) is 0 Å². The van der Waals surface area contributed by atoms with Crippen LogP contribution in [0.2, 0.25) is 5.02 Å². The van der Waals surface area contributed by atoms with Crippen molar-refractivity contribution in [3.05, 3.63) is 47.5 Å². The third-order valence-electron chi connectivity index (χ3n) is 3.48. The highest BCUT2D eigenvalue weighted by Crippen LogP contribution is 2.49. The molecule has 0 radical (unpaired) electrons. The van der Waals surface area contributed by atoms with Gasteiger partial charge in [-0.15, -0.1) is 10.2 Å². The summed E-state index contributed by atoms with van der Waals surface area (Å²) in [5.41, 5.74) is 7.26. The zero-order chi connectivity index (χ0) is 17.4. The van der Waals surface area contributed by atoms with E-state index in [1.165, 1.54) is 23.1 Å². The van der Waals surface area contributed by atoms with Crippen molar-refractivity contribution in [3.63, 3.8) is 0 Å². The maximum Gasteiger partial charge on any atom is 0.242 e. The van der Waals surface area contributed by atoms with Crippen molar-refractivity contribution < 1.29 is 4.79 Å². The van der Waals surface area contributed by atoms with Crippen LogP contribution >= 0.6 is 46.5 Å². The first-order valence-corrected chi connectivity index (χ1v) is 10.2. The van der Waals surface area contributed by atoms with Gasteiger partial charge in [-0.3, -0.25) is 9.69 Å². The average molecular weight is 407 g/mol. The lowest BCUT2D eigenvalue weighted by Gasteiger charge is -2.31. The van der Waals surface area contributed by atoms with Crippen LogP contribution in [0.1, 0.15) is 0 Å². The molecule has 0 atom stereocenters. The molecule has 0 saturated heterocycles. The van der Waals surface area contributed by atoms with Crippen molar-refractivity contribution in [1.29, 1.82) is 0 Å². The Balaban J connectivity index is 1.67. The summed E-state index contributed by atoms with van der Waals surface area (Å²) in [4.78, 5) is 16.8. The number of para-hydroxylation sites is 1. The first-order valence-electron chi connectivity index (χ1n) is 7.23. The first kappa shape index (κ1) is 16.7. The van der Waals surface area contributed by atoms with Crippen LogP contribution in [0, 0.1) is 0 Å². The molecule has 0 saturated carbocycles. The molecule has 2 N–H and O–H groups in total. The number of nitrogen functional groups attached to an aromatic ring is 1. The van der Waals surface area contributed by atoms with Crippen LogP contribution in [0.3, 0.4) is 0 Å². The summed E-state index contributed by atoms with van der Waals surface area (Å²) in [5.74, 6) is 0.189. The number of fused-ring (bicyclic) bond motifs is 2. The number of hydrogen-bond acceptors (Lipinski definition) is 7. The summed E-state index contributed by atoms with van der Waals surface area (Å²) >= 11 is 10.4. The molecule has 1 aliphatic heterocycles. The van der Waals surface area contributed by atoms with Crippen molar-refractivity contribution in [1.82, 2.24) is 10.2 Å². The predicted octanol–water partition coefficient (Wildman–Crippen LogP) is 4.70. The summed E-state index contributed by atoms with van der Waals surface area (Å²) in [6.07, 6.45) is 0. The summed E-state index contributed by atoms with van der Waals surface area (Å²) in [7, 11) is 0. The second-order valence-electron chi connectivity index (χ2n) is 5.11. The molecular formula is C16H11ClN4OS3. The summed E-state index contributed by atoms with van der Waals surface area (Å²) in [6, 6.07) is 13.4. The Hall–Kier alpha value is -1.74. The van der Waals surface area contributed by atoms with Crippen molar-refractivity contribution in [2.75, 3.05) is 16.4 Å². The Morgan fingerprint density at radius 3 is 2.76 bits per heavy atom. The monoisotopic (exact) mass is 406 g/mol. The predicted molar refractivity (Wildman–Crippen MR) is 104 cm³/mol. The molecule has 0 bridgehead atoms. The number of nitrogens with two attached hydrogens (primary N) is 1. The number of carbonyl (C=O) groups is 1. The van der Waals surface area contributed by atoms with E-state index in [2.05, 4.69) is 10.2 Å². The van der Waals surface area contributed by atoms with E-state index in [1.54, 1.807) is 16.7 Å². The van der Waals surface area contributed by atoms with Crippen molar-refractivity contribution in [2.24, 2.45) is 0 Å². The normalized spacial score (nSPS) is 12.6. The number of nitrogens with zero attached hydrogens (tertiary/aromatic N) is 3. The van der Waals surface area contributed by atoms with Gasteiger partial charge in [-0.2, -0.15) is 0 Å². The number of thioether (sulfide) groups is 1. The number of amides is 1.